The number of phenolic OH excluding ortho intramolecular Hbond substituents is 1. The molecule has 3 heteroatoms. The molecule has 0 atom stereocenters. The van der Waals surface area contributed by atoms with Crippen LogP contribution in [0.15, 0.2) is 36.4 Å². The maximum absolute atomic E-state index is 12.2. The quantitative estimate of drug-likeness (QED) is 0.847. The summed E-state index contributed by atoms with van der Waals surface area (Å²) in [7, 11) is 0. The fourth-order valence-corrected chi connectivity index (χ4v) is 2.36. The zero-order valence-corrected chi connectivity index (χ0v) is 10.6. The van der Waals surface area contributed by atoms with Gasteiger partial charge in [-0.2, -0.15) is 0 Å². The lowest BCUT2D eigenvalue weighted by atomic mass is 10.0. The Bertz CT molecular complexity index is 659. The fraction of sp³-hybridized carbons (Fsp3) is 0.188. The largest absolute Gasteiger partial charge is 0.507 e. The van der Waals surface area contributed by atoms with Gasteiger partial charge in [0.2, 0.25) is 0 Å². The number of phenols is 1. The molecule has 1 N–H and O–H groups in total. The van der Waals surface area contributed by atoms with Gasteiger partial charge in [0.15, 0.2) is 5.78 Å². The van der Waals surface area contributed by atoms with E-state index in [-0.39, 0.29) is 23.5 Å². The number of benzene rings is 2. The van der Waals surface area contributed by atoms with Crippen LogP contribution < -0.4 is 4.74 Å². The molecule has 0 aromatic heterocycles. The standard InChI is InChI=1S/C16H14O3/c1-2-10-6-7-14-11(8-10)9-13(18)16-12(17)4-3-5-15(16)19-14/h3-8,17H,2,9H2,1H3. The fourth-order valence-electron chi connectivity index (χ4n) is 2.36. The number of hydrogen-bond acceptors (Lipinski definition) is 3. The minimum absolute atomic E-state index is 0.0222. The highest BCUT2D eigenvalue weighted by molar-refractivity contribution is 6.03. The summed E-state index contributed by atoms with van der Waals surface area (Å²) in [6, 6.07) is 10.8. The van der Waals surface area contributed by atoms with E-state index in [1.807, 2.05) is 18.2 Å². The third kappa shape index (κ3) is 1.97. The highest BCUT2D eigenvalue weighted by Crippen LogP contribution is 2.37. The summed E-state index contributed by atoms with van der Waals surface area (Å²) in [5, 5.41) is 9.83. The van der Waals surface area contributed by atoms with Crippen LogP contribution >= 0.6 is 0 Å². The molecule has 19 heavy (non-hydrogen) atoms. The molecule has 1 aliphatic heterocycles. The Morgan fingerprint density at radius 3 is 2.84 bits per heavy atom. The van der Waals surface area contributed by atoms with E-state index in [1.165, 1.54) is 11.6 Å². The van der Waals surface area contributed by atoms with Crippen molar-refractivity contribution in [2.45, 2.75) is 19.8 Å². The van der Waals surface area contributed by atoms with Crippen molar-refractivity contribution in [1.29, 1.82) is 0 Å². The first-order valence-corrected chi connectivity index (χ1v) is 6.34. The minimum atomic E-state index is -0.111. The molecule has 2 aromatic carbocycles. The molecule has 0 aliphatic carbocycles. The van der Waals surface area contributed by atoms with Gasteiger partial charge in [0.05, 0.1) is 0 Å². The molecule has 1 aliphatic rings. The van der Waals surface area contributed by atoms with Crippen LogP contribution in [0.25, 0.3) is 0 Å². The van der Waals surface area contributed by atoms with Gasteiger partial charge in [0, 0.05) is 12.0 Å². The zero-order chi connectivity index (χ0) is 13.4. The van der Waals surface area contributed by atoms with Gasteiger partial charge in [-0.3, -0.25) is 4.79 Å². The van der Waals surface area contributed by atoms with Crippen molar-refractivity contribution in [3.8, 4) is 17.2 Å². The third-order valence-corrected chi connectivity index (χ3v) is 3.39. The van der Waals surface area contributed by atoms with Crippen molar-refractivity contribution in [2.75, 3.05) is 0 Å². The van der Waals surface area contributed by atoms with Crippen LogP contribution in [0.1, 0.15) is 28.4 Å². The van der Waals surface area contributed by atoms with E-state index < -0.39 is 0 Å². The monoisotopic (exact) mass is 254 g/mol. The molecule has 3 rings (SSSR count). The van der Waals surface area contributed by atoms with Crippen molar-refractivity contribution in [3.05, 3.63) is 53.1 Å². The van der Waals surface area contributed by atoms with Crippen LogP contribution in [0, 0.1) is 0 Å². The molecule has 3 nitrogen and oxygen atoms in total. The van der Waals surface area contributed by atoms with E-state index in [0.717, 1.165) is 12.0 Å². The topological polar surface area (TPSA) is 46.5 Å². The molecule has 0 unspecified atom stereocenters. The number of aromatic hydroxyl groups is 1. The van der Waals surface area contributed by atoms with E-state index >= 15 is 0 Å². The lowest BCUT2D eigenvalue weighted by Crippen LogP contribution is -2.02. The van der Waals surface area contributed by atoms with Crippen LogP contribution in [-0.4, -0.2) is 10.9 Å². The van der Waals surface area contributed by atoms with Gasteiger partial charge in [-0.05, 0) is 30.2 Å². The van der Waals surface area contributed by atoms with Crippen LogP contribution in [0.4, 0.5) is 0 Å². The normalized spacial score (nSPS) is 13.2. The summed E-state index contributed by atoms with van der Waals surface area (Å²) in [6.45, 7) is 2.07. The number of aryl methyl sites for hydroxylation is 1. The Hall–Kier alpha value is -2.29. The Kier molecular flexibility index (Phi) is 2.75. The molecule has 0 spiro atoms. The maximum atomic E-state index is 12.2. The first-order valence-electron chi connectivity index (χ1n) is 6.34. The van der Waals surface area contributed by atoms with Crippen molar-refractivity contribution in [2.24, 2.45) is 0 Å². The minimum Gasteiger partial charge on any atom is -0.507 e. The molecular formula is C16H14O3. The third-order valence-electron chi connectivity index (χ3n) is 3.39. The van der Waals surface area contributed by atoms with Gasteiger partial charge in [-0.1, -0.05) is 25.1 Å². The molecule has 0 saturated heterocycles. The van der Waals surface area contributed by atoms with Crippen molar-refractivity contribution in [1.82, 2.24) is 0 Å². The Morgan fingerprint density at radius 2 is 2.05 bits per heavy atom. The molecular weight excluding hydrogens is 240 g/mol. The molecule has 0 saturated carbocycles. The predicted octanol–water partition coefficient (Wildman–Crippen LogP) is 3.49. The van der Waals surface area contributed by atoms with Gasteiger partial charge in [-0.25, -0.2) is 0 Å². The van der Waals surface area contributed by atoms with Crippen LogP contribution in [0.2, 0.25) is 0 Å². The first kappa shape index (κ1) is 11.8. The zero-order valence-electron chi connectivity index (χ0n) is 10.6. The second-order valence-electron chi connectivity index (χ2n) is 4.65. The second-order valence-corrected chi connectivity index (χ2v) is 4.65. The van der Waals surface area contributed by atoms with Gasteiger partial charge in [0.1, 0.15) is 22.8 Å². The van der Waals surface area contributed by atoms with E-state index in [0.29, 0.717) is 11.5 Å². The average Bonchev–Trinajstić information content (AvgIpc) is 2.54. The number of carbonyl (C=O) groups excluding carboxylic acids is 1. The average molecular weight is 254 g/mol. The number of carbonyl (C=O) groups is 1. The summed E-state index contributed by atoms with van der Waals surface area (Å²) in [4.78, 5) is 12.2. The maximum Gasteiger partial charge on any atom is 0.174 e. The summed E-state index contributed by atoms with van der Waals surface area (Å²) >= 11 is 0. The van der Waals surface area contributed by atoms with Crippen LogP contribution in [-0.2, 0) is 12.8 Å². The van der Waals surface area contributed by atoms with E-state index in [4.69, 9.17) is 4.74 Å². The number of fused-ring (bicyclic) bond motifs is 2. The number of hydrogen-bond donors (Lipinski definition) is 1. The lowest BCUT2D eigenvalue weighted by Gasteiger charge is -2.09. The number of ketones is 1. The summed E-state index contributed by atoms with van der Waals surface area (Å²) < 4.78 is 5.77. The molecule has 96 valence electrons. The van der Waals surface area contributed by atoms with E-state index in [9.17, 15) is 9.90 Å². The molecule has 2 aromatic rings. The summed E-state index contributed by atoms with van der Waals surface area (Å²) in [5.74, 6) is 0.981. The number of ether oxygens (including phenoxy) is 1. The Balaban J connectivity index is 2.14. The highest BCUT2D eigenvalue weighted by atomic mass is 16.5. The van der Waals surface area contributed by atoms with Crippen LogP contribution in [0.3, 0.4) is 0 Å². The number of Topliss-reactive ketones (excluding diaryl/α,β-unsaturated/α-hetero) is 1. The predicted molar refractivity (Wildman–Crippen MR) is 72.0 cm³/mol. The molecule has 0 amide bonds. The van der Waals surface area contributed by atoms with Gasteiger partial charge in [-0.15, -0.1) is 0 Å². The summed E-state index contributed by atoms with van der Waals surface area (Å²) in [6.07, 6.45) is 1.17. The highest BCUT2D eigenvalue weighted by Gasteiger charge is 2.24. The smallest absolute Gasteiger partial charge is 0.174 e. The van der Waals surface area contributed by atoms with Crippen molar-refractivity contribution >= 4 is 5.78 Å². The number of rotatable bonds is 1. The molecule has 0 bridgehead atoms. The van der Waals surface area contributed by atoms with Gasteiger partial charge < -0.3 is 9.84 Å². The SMILES string of the molecule is CCc1ccc2c(c1)CC(=O)c1c(O)cccc1O2. The van der Waals surface area contributed by atoms with Crippen LogP contribution in [0.5, 0.6) is 17.2 Å². The molecule has 1 heterocycles. The van der Waals surface area contributed by atoms with Gasteiger partial charge >= 0.3 is 0 Å². The van der Waals surface area contributed by atoms with Crippen molar-refractivity contribution in [3.63, 3.8) is 0 Å². The molecule has 0 fully saturated rings. The Labute approximate surface area is 111 Å². The summed E-state index contributed by atoms with van der Waals surface area (Å²) in [5.41, 5.74) is 2.32. The van der Waals surface area contributed by atoms with Crippen molar-refractivity contribution < 1.29 is 14.6 Å². The van der Waals surface area contributed by atoms with E-state index in [1.54, 1.807) is 12.1 Å². The van der Waals surface area contributed by atoms with E-state index in [2.05, 4.69) is 6.92 Å². The first-order chi connectivity index (χ1) is 9.19. The lowest BCUT2D eigenvalue weighted by molar-refractivity contribution is 0.0991. The molecule has 0 radical (unpaired) electrons. The Morgan fingerprint density at radius 1 is 1.21 bits per heavy atom. The second kappa shape index (κ2) is 4.43. The van der Waals surface area contributed by atoms with Gasteiger partial charge in [0.25, 0.3) is 0 Å².